The standard InChI is InChI=1S/C15H27Cl2O2/c16-10-12-18-15(19-13-11-17)14-8-6-4-2-1-3-5-7-9-14/h15H,1-13H2. The Morgan fingerprint density at radius 2 is 1.16 bits per heavy atom. The number of rotatable bonds is 7. The lowest BCUT2D eigenvalue weighted by molar-refractivity contribution is -0.128. The topological polar surface area (TPSA) is 18.5 Å². The molecule has 1 aliphatic carbocycles. The largest absolute Gasteiger partial charge is 0.351 e. The Balaban J connectivity index is 2.44. The Bertz CT molecular complexity index is 185. The molecule has 19 heavy (non-hydrogen) atoms. The zero-order valence-electron chi connectivity index (χ0n) is 11.8. The van der Waals surface area contributed by atoms with Gasteiger partial charge in [-0.1, -0.05) is 44.9 Å². The van der Waals surface area contributed by atoms with Crippen LogP contribution in [0.5, 0.6) is 0 Å². The molecule has 0 aromatic carbocycles. The molecule has 0 atom stereocenters. The normalized spacial score (nSPS) is 19.7. The first kappa shape index (κ1) is 17.6. The van der Waals surface area contributed by atoms with Gasteiger partial charge in [0.15, 0.2) is 6.29 Å². The highest BCUT2D eigenvalue weighted by atomic mass is 35.5. The van der Waals surface area contributed by atoms with E-state index >= 15 is 0 Å². The van der Waals surface area contributed by atoms with Crippen molar-refractivity contribution in [2.24, 2.45) is 0 Å². The molecule has 0 spiro atoms. The lowest BCUT2D eigenvalue weighted by Crippen LogP contribution is -2.27. The predicted molar refractivity (Wildman–Crippen MR) is 81.9 cm³/mol. The number of halogens is 2. The Hall–Kier alpha value is 0.500. The van der Waals surface area contributed by atoms with Gasteiger partial charge in [-0.2, -0.15) is 0 Å². The fourth-order valence-corrected chi connectivity index (χ4v) is 2.71. The summed E-state index contributed by atoms with van der Waals surface area (Å²) in [6.07, 6.45) is 11.3. The van der Waals surface area contributed by atoms with E-state index in [2.05, 4.69) is 0 Å². The van der Waals surface area contributed by atoms with Crippen molar-refractivity contribution in [1.29, 1.82) is 0 Å². The molecule has 0 saturated heterocycles. The molecule has 0 amide bonds. The van der Waals surface area contributed by atoms with Crippen molar-refractivity contribution in [2.75, 3.05) is 25.0 Å². The molecule has 1 rings (SSSR count). The number of hydrogen-bond acceptors (Lipinski definition) is 2. The van der Waals surface area contributed by atoms with Gasteiger partial charge in [-0.05, 0) is 12.8 Å². The summed E-state index contributed by atoms with van der Waals surface area (Å²) in [4.78, 5) is 0. The molecule has 1 fully saturated rings. The van der Waals surface area contributed by atoms with Gasteiger partial charge in [0.1, 0.15) is 0 Å². The predicted octanol–water partition coefficient (Wildman–Crippen LogP) is 4.92. The highest BCUT2D eigenvalue weighted by molar-refractivity contribution is 6.18. The second-order valence-electron chi connectivity index (χ2n) is 5.08. The summed E-state index contributed by atoms with van der Waals surface area (Å²) < 4.78 is 11.5. The van der Waals surface area contributed by atoms with Crippen LogP contribution < -0.4 is 0 Å². The summed E-state index contributed by atoms with van der Waals surface area (Å²) in [6, 6.07) is 0. The summed E-state index contributed by atoms with van der Waals surface area (Å²) in [5, 5.41) is 0. The number of ether oxygens (including phenoxy) is 2. The van der Waals surface area contributed by atoms with Gasteiger partial charge in [0.25, 0.3) is 0 Å². The maximum absolute atomic E-state index is 5.75. The van der Waals surface area contributed by atoms with Crippen LogP contribution in [0.3, 0.4) is 0 Å². The molecule has 0 aromatic heterocycles. The van der Waals surface area contributed by atoms with Crippen LogP contribution in [0.25, 0.3) is 0 Å². The average Bonchev–Trinajstić information content (AvgIpc) is 2.45. The van der Waals surface area contributed by atoms with E-state index in [9.17, 15) is 0 Å². The molecule has 2 nitrogen and oxygen atoms in total. The van der Waals surface area contributed by atoms with Crippen molar-refractivity contribution in [1.82, 2.24) is 0 Å². The van der Waals surface area contributed by atoms with Gasteiger partial charge in [-0.25, -0.2) is 0 Å². The van der Waals surface area contributed by atoms with E-state index in [4.69, 9.17) is 32.7 Å². The third-order valence-corrected chi connectivity index (χ3v) is 3.83. The maximum Gasteiger partial charge on any atom is 0.163 e. The molecule has 0 bridgehead atoms. The van der Waals surface area contributed by atoms with Crippen LogP contribution in [0.4, 0.5) is 0 Å². The van der Waals surface area contributed by atoms with Crippen LogP contribution in [0.15, 0.2) is 0 Å². The molecule has 1 aliphatic rings. The van der Waals surface area contributed by atoms with E-state index in [1.807, 2.05) is 0 Å². The monoisotopic (exact) mass is 309 g/mol. The summed E-state index contributed by atoms with van der Waals surface area (Å²) >= 11 is 11.4. The fourth-order valence-electron chi connectivity index (χ4n) is 2.54. The molecular formula is C15H27Cl2O2. The summed E-state index contributed by atoms with van der Waals surface area (Å²) in [5.41, 5.74) is 0. The van der Waals surface area contributed by atoms with Crippen molar-refractivity contribution in [2.45, 2.75) is 64.1 Å². The van der Waals surface area contributed by atoms with Gasteiger partial charge in [0.05, 0.1) is 13.2 Å². The molecule has 0 aliphatic heterocycles. The van der Waals surface area contributed by atoms with Crippen molar-refractivity contribution in [3.8, 4) is 0 Å². The molecular weight excluding hydrogens is 283 g/mol. The minimum atomic E-state index is -0.197. The van der Waals surface area contributed by atoms with Gasteiger partial charge >= 0.3 is 0 Å². The Labute approximate surface area is 128 Å². The quantitative estimate of drug-likeness (QED) is 0.491. The van der Waals surface area contributed by atoms with E-state index in [-0.39, 0.29) is 6.29 Å². The summed E-state index contributed by atoms with van der Waals surface area (Å²) in [5.74, 6) is 2.42. The second-order valence-corrected chi connectivity index (χ2v) is 5.84. The van der Waals surface area contributed by atoms with Gasteiger partial charge < -0.3 is 9.47 Å². The van der Waals surface area contributed by atoms with E-state index in [0.29, 0.717) is 25.0 Å². The van der Waals surface area contributed by atoms with E-state index in [1.165, 1.54) is 50.9 Å². The van der Waals surface area contributed by atoms with Crippen molar-refractivity contribution < 1.29 is 9.47 Å². The third kappa shape index (κ3) is 8.39. The van der Waals surface area contributed by atoms with Crippen molar-refractivity contribution in [3.63, 3.8) is 0 Å². The first-order valence-corrected chi connectivity index (χ1v) is 8.65. The van der Waals surface area contributed by atoms with Crippen LogP contribution >= 0.6 is 23.2 Å². The van der Waals surface area contributed by atoms with Crippen LogP contribution in [0.2, 0.25) is 0 Å². The first-order chi connectivity index (χ1) is 9.38. The maximum atomic E-state index is 5.75. The van der Waals surface area contributed by atoms with Crippen molar-refractivity contribution in [3.05, 3.63) is 5.92 Å². The van der Waals surface area contributed by atoms with E-state index in [0.717, 1.165) is 12.8 Å². The molecule has 0 N–H and O–H groups in total. The first-order valence-electron chi connectivity index (χ1n) is 7.58. The third-order valence-electron chi connectivity index (χ3n) is 3.52. The second kappa shape index (κ2) is 12.3. The Kier molecular flexibility index (Phi) is 11.3. The lowest BCUT2D eigenvalue weighted by Gasteiger charge is -2.27. The summed E-state index contributed by atoms with van der Waals surface area (Å²) in [6.45, 7) is 1.08. The minimum absolute atomic E-state index is 0.197. The summed E-state index contributed by atoms with van der Waals surface area (Å²) in [7, 11) is 0. The molecule has 1 saturated carbocycles. The Morgan fingerprint density at radius 3 is 1.58 bits per heavy atom. The minimum Gasteiger partial charge on any atom is -0.351 e. The van der Waals surface area contributed by atoms with Crippen LogP contribution in [-0.2, 0) is 9.47 Å². The van der Waals surface area contributed by atoms with Crippen LogP contribution in [-0.4, -0.2) is 31.3 Å². The molecule has 113 valence electrons. The average molecular weight is 310 g/mol. The molecule has 1 radical (unpaired) electrons. The molecule has 0 heterocycles. The zero-order valence-corrected chi connectivity index (χ0v) is 13.4. The lowest BCUT2D eigenvalue weighted by atomic mass is 9.91. The van der Waals surface area contributed by atoms with Gasteiger partial charge in [0, 0.05) is 17.7 Å². The van der Waals surface area contributed by atoms with Gasteiger partial charge in [-0.3, -0.25) is 0 Å². The smallest absolute Gasteiger partial charge is 0.163 e. The number of hydrogen-bond donors (Lipinski definition) is 0. The molecule has 4 heteroatoms. The van der Waals surface area contributed by atoms with Crippen LogP contribution in [0, 0.1) is 5.92 Å². The zero-order chi connectivity index (χ0) is 13.8. The highest BCUT2D eigenvalue weighted by Crippen LogP contribution is 2.28. The van der Waals surface area contributed by atoms with Gasteiger partial charge in [0.2, 0.25) is 0 Å². The number of alkyl halides is 2. The molecule has 0 unspecified atom stereocenters. The highest BCUT2D eigenvalue weighted by Gasteiger charge is 2.23. The SMILES string of the molecule is ClCCOC(OCCCl)[C]1CCCCCCCCC1. The van der Waals surface area contributed by atoms with E-state index in [1.54, 1.807) is 0 Å². The van der Waals surface area contributed by atoms with Gasteiger partial charge in [-0.15, -0.1) is 23.2 Å². The molecule has 0 aromatic rings. The Morgan fingerprint density at radius 1 is 0.737 bits per heavy atom. The van der Waals surface area contributed by atoms with E-state index < -0.39 is 0 Å². The van der Waals surface area contributed by atoms with Crippen molar-refractivity contribution >= 4 is 23.2 Å². The van der Waals surface area contributed by atoms with Crippen LogP contribution in [0.1, 0.15) is 57.8 Å². The fraction of sp³-hybridized carbons (Fsp3) is 0.933.